The first-order valence-electron chi connectivity index (χ1n) is 6.38. The Morgan fingerprint density at radius 1 is 1.41 bits per heavy atom. The number of nitrogens with zero attached hydrogens (tertiary/aromatic N) is 4. The van der Waals surface area contributed by atoms with Crippen LogP contribution in [0.4, 0.5) is 5.82 Å². The smallest absolute Gasteiger partial charge is 0.226 e. The van der Waals surface area contributed by atoms with Gasteiger partial charge in [-0.1, -0.05) is 0 Å². The van der Waals surface area contributed by atoms with Gasteiger partial charge in [0.15, 0.2) is 23.2 Å². The zero-order valence-electron chi connectivity index (χ0n) is 11.4. The quantitative estimate of drug-likeness (QED) is 0.413. The lowest BCUT2D eigenvalue weighted by atomic mass is 10.1. The maximum absolute atomic E-state index is 10.1. The summed E-state index contributed by atoms with van der Waals surface area (Å²) < 4.78 is 6.86. The Morgan fingerprint density at radius 2 is 2.18 bits per heavy atom. The molecule has 4 atom stereocenters. The van der Waals surface area contributed by atoms with Crippen molar-refractivity contribution in [2.45, 2.75) is 24.5 Å². The van der Waals surface area contributed by atoms with Gasteiger partial charge in [0.1, 0.15) is 18.3 Å². The van der Waals surface area contributed by atoms with Crippen molar-refractivity contribution in [1.29, 1.82) is 0 Å². The van der Waals surface area contributed by atoms with Gasteiger partial charge < -0.3 is 20.1 Å². The molecule has 1 saturated heterocycles. The first kappa shape index (κ1) is 15.3. The lowest BCUT2D eigenvalue weighted by molar-refractivity contribution is -0.0511. The Balaban J connectivity index is 2.05. The molecule has 0 bridgehead atoms. The molecule has 0 radical (unpaired) electrons. The van der Waals surface area contributed by atoms with E-state index in [1.807, 2.05) is 0 Å². The van der Waals surface area contributed by atoms with Crippen LogP contribution in [0.2, 0.25) is 5.28 Å². The summed E-state index contributed by atoms with van der Waals surface area (Å²) in [5.74, 6) is 0.253. The van der Waals surface area contributed by atoms with E-state index in [1.54, 1.807) is 0 Å². The van der Waals surface area contributed by atoms with Gasteiger partial charge in [-0.15, -0.1) is 0 Å². The van der Waals surface area contributed by atoms with Crippen LogP contribution < -0.4 is 5.48 Å². The normalized spacial score (nSPS) is 28.4. The fourth-order valence-electron chi connectivity index (χ4n) is 2.35. The van der Waals surface area contributed by atoms with Gasteiger partial charge in [-0.25, -0.2) is 10.5 Å². The summed E-state index contributed by atoms with van der Waals surface area (Å²) in [5.41, 5.74) is 3.17. The van der Waals surface area contributed by atoms with Gasteiger partial charge in [0.2, 0.25) is 5.28 Å². The number of hydrogen-bond acceptors (Lipinski definition) is 9. The SMILES string of the molecule is CONc1nc(Cl)nc2c1ncn2[C@@H]1O[C@H](CO)C(O)C1O. The standard InChI is InChI=1S/C11H14ClN5O5/c1-21-16-8-5-9(15-11(12)14-8)17(3-13-5)10-7(20)6(19)4(2-18)22-10/h3-4,6-7,10,18-20H,2H2,1H3,(H,14,15,16)/t4-,6?,7?,10-/m1/s1. The molecule has 1 fully saturated rings. The highest BCUT2D eigenvalue weighted by molar-refractivity contribution is 6.28. The minimum absolute atomic E-state index is 0.0551. The number of aliphatic hydroxyl groups excluding tert-OH is 3. The van der Waals surface area contributed by atoms with E-state index in [2.05, 4.69) is 20.4 Å². The highest BCUT2D eigenvalue weighted by Crippen LogP contribution is 2.32. The number of aromatic nitrogens is 4. The number of rotatable bonds is 4. The lowest BCUT2D eigenvalue weighted by Gasteiger charge is -2.16. The molecule has 0 amide bonds. The van der Waals surface area contributed by atoms with Crippen molar-refractivity contribution < 1.29 is 24.9 Å². The Morgan fingerprint density at radius 3 is 2.82 bits per heavy atom. The van der Waals surface area contributed by atoms with Crippen LogP contribution in [-0.4, -0.2) is 66.9 Å². The van der Waals surface area contributed by atoms with E-state index >= 15 is 0 Å². The van der Waals surface area contributed by atoms with Crippen LogP contribution in [0.25, 0.3) is 11.2 Å². The van der Waals surface area contributed by atoms with E-state index in [0.717, 1.165) is 0 Å². The molecular formula is C11H14ClN5O5. The van der Waals surface area contributed by atoms with Crippen LogP contribution in [0.3, 0.4) is 0 Å². The summed E-state index contributed by atoms with van der Waals surface area (Å²) >= 11 is 5.86. The van der Waals surface area contributed by atoms with Gasteiger partial charge in [-0.2, -0.15) is 9.97 Å². The van der Waals surface area contributed by atoms with E-state index < -0.39 is 31.1 Å². The Labute approximate surface area is 129 Å². The Kier molecular flexibility index (Phi) is 4.12. The maximum atomic E-state index is 10.1. The van der Waals surface area contributed by atoms with Crippen LogP contribution in [0.1, 0.15) is 6.23 Å². The average Bonchev–Trinajstić information content (AvgIpc) is 3.02. The number of ether oxygens (including phenoxy) is 1. The van der Waals surface area contributed by atoms with Gasteiger partial charge in [0.05, 0.1) is 20.0 Å². The fraction of sp³-hybridized carbons (Fsp3) is 0.545. The summed E-state index contributed by atoms with van der Waals surface area (Å²) in [6.07, 6.45) is -2.95. The van der Waals surface area contributed by atoms with Crippen molar-refractivity contribution >= 4 is 28.6 Å². The monoisotopic (exact) mass is 331 g/mol. The van der Waals surface area contributed by atoms with E-state index in [9.17, 15) is 10.2 Å². The molecule has 4 N–H and O–H groups in total. The molecule has 0 aliphatic carbocycles. The van der Waals surface area contributed by atoms with Crippen LogP contribution in [0.5, 0.6) is 0 Å². The van der Waals surface area contributed by atoms with Crippen LogP contribution in [-0.2, 0) is 9.57 Å². The fourth-order valence-corrected chi connectivity index (χ4v) is 2.52. The van der Waals surface area contributed by atoms with E-state index in [0.29, 0.717) is 5.52 Å². The van der Waals surface area contributed by atoms with Crippen molar-refractivity contribution in [3.05, 3.63) is 11.6 Å². The third-order valence-electron chi connectivity index (χ3n) is 3.38. The second-order valence-electron chi connectivity index (χ2n) is 4.70. The number of fused-ring (bicyclic) bond motifs is 1. The predicted molar refractivity (Wildman–Crippen MR) is 74.0 cm³/mol. The number of nitrogens with one attached hydrogen (secondary N) is 1. The number of hydrogen-bond donors (Lipinski definition) is 4. The summed E-state index contributed by atoms with van der Waals surface area (Å²) in [7, 11) is 1.41. The topological polar surface area (TPSA) is 135 Å². The first-order valence-corrected chi connectivity index (χ1v) is 6.76. The minimum atomic E-state index is -1.25. The number of halogens is 1. The van der Waals surface area contributed by atoms with Crippen molar-refractivity contribution in [2.24, 2.45) is 0 Å². The minimum Gasteiger partial charge on any atom is -0.394 e. The van der Waals surface area contributed by atoms with Gasteiger partial charge in [-0.3, -0.25) is 9.40 Å². The van der Waals surface area contributed by atoms with Crippen LogP contribution in [0, 0.1) is 0 Å². The molecule has 2 aromatic heterocycles. The Hall–Kier alpha value is -1.56. The molecule has 2 unspecified atom stereocenters. The second kappa shape index (κ2) is 5.91. The van der Waals surface area contributed by atoms with Crippen LogP contribution >= 0.6 is 11.6 Å². The highest BCUT2D eigenvalue weighted by atomic mass is 35.5. The molecule has 11 heteroatoms. The molecule has 3 rings (SSSR count). The van der Waals surface area contributed by atoms with Crippen molar-refractivity contribution in [3.63, 3.8) is 0 Å². The van der Waals surface area contributed by atoms with E-state index in [-0.39, 0.29) is 16.7 Å². The highest BCUT2D eigenvalue weighted by Gasteiger charge is 2.44. The summed E-state index contributed by atoms with van der Waals surface area (Å²) in [6.45, 7) is -0.423. The third kappa shape index (κ3) is 2.39. The lowest BCUT2D eigenvalue weighted by Crippen LogP contribution is -2.33. The van der Waals surface area contributed by atoms with Gasteiger partial charge in [-0.05, 0) is 11.6 Å². The van der Waals surface area contributed by atoms with Gasteiger partial charge in [0, 0.05) is 0 Å². The molecule has 1 aliphatic rings. The molecule has 120 valence electrons. The first-order chi connectivity index (χ1) is 10.6. The second-order valence-corrected chi connectivity index (χ2v) is 5.04. The molecular weight excluding hydrogens is 318 g/mol. The number of anilines is 1. The van der Waals surface area contributed by atoms with Crippen LogP contribution in [0.15, 0.2) is 6.33 Å². The Bertz CT molecular complexity index is 682. The molecule has 2 aromatic rings. The van der Waals surface area contributed by atoms with E-state index in [1.165, 1.54) is 18.0 Å². The molecule has 0 aromatic carbocycles. The van der Waals surface area contributed by atoms with Crippen molar-refractivity contribution in [2.75, 3.05) is 19.2 Å². The molecule has 0 saturated carbocycles. The largest absolute Gasteiger partial charge is 0.394 e. The summed E-state index contributed by atoms with van der Waals surface area (Å²) in [6, 6.07) is 0. The molecule has 10 nitrogen and oxygen atoms in total. The zero-order chi connectivity index (χ0) is 15.9. The summed E-state index contributed by atoms with van der Waals surface area (Å²) in [5, 5.41) is 29.0. The van der Waals surface area contributed by atoms with Crippen molar-refractivity contribution in [3.8, 4) is 0 Å². The van der Waals surface area contributed by atoms with Gasteiger partial charge >= 0.3 is 0 Å². The third-order valence-corrected chi connectivity index (χ3v) is 3.55. The molecule has 1 aliphatic heterocycles. The molecule has 0 spiro atoms. The van der Waals surface area contributed by atoms with Gasteiger partial charge in [0.25, 0.3) is 0 Å². The predicted octanol–water partition coefficient (Wildman–Crippen LogP) is -0.936. The van der Waals surface area contributed by atoms with Crippen molar-refractivity contribution in [1.82, 2.24) is 19.5 Å². The number of aliphatic hydroxyl groups is 3. The average molecular weight is 332 g/mol. The summed E-state index contributed by atoms with van der Waals surface area (Å²) in [4.78, 5) is 16.9. The maximum Gasteiger partial charge on any atom is 0.226 e. The van der Waals surface area contributed by atoms with E-state index in [4.69, 9.17) is 26.3 Å². The zero-order valence-corrected chi connectivity index (χ0v) is 12.2. The molecule has 22 heavy (non-hydrogen) atoms. The molecule has 3 heterocycles. The number of imidazole rings is 1.